The summed E-state index contributed by atoms with van der Waals surface area (Å²) in [7, 11) is -4.01. The summed E-state index contributed by atoms with van der Waals surface area (Å²) >= 11 is 0. The van der Waals surface area contributed by atoms with Gasteiger partial charge in [-0.3, -0.25) is 19.1 Å². The largest absolute Gasteiger partial charge is 0.486 e. The second-order valence-electron chi connectivity index (χ2n) is 17.6. The zero-order chi connectivity index (χ0) is 40.9. The number of carbonyl (C=O) groups excluding carboxylic acids is 4. The third-order valence-corrected chi connectivity index (χ3v) is 14.1. The van der Waals surface area contributed by atoms with Gasteiger partial charge in [-0.05, 0) is 96.3 Å². The maximum absolute atomic E-state index is 15.0. The standard InChI is InChI=1S/C41H55N5O10S/c1-7-25-20-24(2)10-8-9-11-26-22-41(26,37(49)45-57(51,52)40(6)15-16-40)44-34(47)30-21-27(23-46(30)36(48)32(25)43-38(50)56-39(3,4)5)55-35-29-12-13-31-33(54-19-18-53-31)28(29)14-17-42-35/h9,11-14,17,24-27,30,32H,7-8,10,15-16,18-23H2,1-6H3,(H,43,50)(H,44,47)(H,45,49)/b11-9-/t24-,25-,26-,27-,30+,32+,41-/m1/s1. The first-order valence-corrected chi connectivity index (χ1v) is 21.6. The number of allylic oxidation sites excluding steroid dienone is 1. The van der Waals surface area contributed by atoms with Crippen molar-refractivity contribution < 1.29 is 46.5 Å². The van der Waals surface area contributed by atoms with Crippen molar-refractivity contribution in [1.29, 1.82) is 0 Å². The van der Waals surface area contributed by atoms with Crippen molar-refractivity contribution in [2.24, 2.45) is 17.8 Å². The molecule has 310 valence electrons. The number of hydrogen-bond acceptors (Lipinski definition) is 11. The van der Waals surface area contributed by atoms with Crippen LogP contribution in [0.15, 0.2) is 36.5 Å². The van der Waals surface area contributed by atoms with Crippen LogP contribution in [-0.4, -0.2) is 95.9 Å². The Kier molecular flexibility index (Phi) is 10.9. The number of pyridine rings is 1. The smallest absolute Gasteiger partial charge is 0.408 e. The lowest BCUT2D eigenvalue weighted by Gasteiger charge is -2.34. The molecule has 4 heterocycles. The van der Waals surface area contributed by atoms with Crippen molar-refractivity contribution in [3.63, 3.8) is 0 Å². The molecule has 3 fully saturated rings. The van der Waals surface area contributed by atoms with E-state index in [1.54, 1.807) is 46.0 Å². The monoisotopic (exact) mass is 809 g/mol. The summed E-state index contributed by atoms with van der Waals surface area (Å²) in [6.07, 6.45) is 7.67. The van der Waals surface area contributed by atoms with E-state index in [-0.39, 0.29) is 37.1 Å². The van der Waals surface area contributed by atoms with Gasteiger partial charge in [0, 0.05) is 29.3 Å². The average molecular weight is 810 g/mol. The van der Waals surface area contributed by atoms with E-state index in [1.807, 2.05) is 25.1 Å². The SMILES string of the molecule is CC[C@@H]1C[C@H](C)CC/C=C\[C@@H]2C[C@@]2(C(=O)NS(=O)(=O)C2(C)CC2)NC(=O)[C@@H]2C[C@@H](Oc3nccc4c5c(ccc34)OCCO5)CN2C(=O)[C@H]1NC(=O)OC(C)(C)C. The third kappa shape index (κ3) is 8.37. The molecule has 0 radical (unpaired) electrons. The van der Waals surface area contributed by atoms with Gasteiger partial charge < -0.3 is 34.5 Å². The number of alkyl carbamates (subject to hydrolysis) is 1. The van der Waals surface area contributed by atoms with Crippen molar-refractivity contribution in [1.82, 2.24) is 25.2 Å². The van der Waals surface area contributed by atoms with Crippen LogP contribution in [0.3, 0.4) is 0 Å². The van der Waals surface area contributed by atoms with Gasteiger partial charge in [0.2, 0.25) is 27.7 Å². The van der Waals surface area contributed by atoms with Crippen molar-refractivity contribution in [2.45, 2.75) is 127 Å². The molecule has 1 aromatic carbocycles. The molecule has 16 heteroatoms. The summed E-state index contributed by atoms with van der Waals surface area (Å²) in [6, 6.07) is 3.23. The van der Waals surface area contributed by atoms with Crippen molar-refractivity contribution in [3.8, 4) is 17.4 Å². The highest BCUT2D eigenvalue weighted by atomic mass is 32.2. The molecule has 0 spiro atoms. The number of ether oxygens (including phenoxy) is 4. The van der Waals surface area contributed by atoms with Crippen LogP contribution in [0.4, 0.5) is 4.79 Å². The van der Waals surface area contributed by atoms with E-state index < -0.39 is 73.8 Å². The topological polar surface area (TPSA) is 192 Å². The molecule has 1 saturated heterocycles. The maximum Gasteiger partial charge on any atom is 0.408 e. The third-order valence-electron chi connectivity index (χ3n) is 12.0. The Hall–Kier alpha value is -4.60. The molecule has 7 atom stereocenters. The highest BCUT2D eigenvalue weighted by molar-refractivity contribution is 7.91. The van der Waals surface area contributed by atoms with E-state index >= 15 is 0 Å². The van der Waals surface area contributed by atoms with Gasteiger partial charge >= 0.3 is 6.09 Å². The molecule has 15 nitrogen and oxygen atoms in total. The molecule has 3 N–H and O–H groups in total. The quantitative estimate of drug-likeness (QED) is 0.333. The second-order valence-corrected chi connectivity index (χ2v) is 19.8. The Morgan fingerprint density at radius 1 is 1.09 bits per heavy atom. The summed E-state index contributed by atoms with van der Waals surface area (Å²) in [5.74, 6) is -1.07. The predicted octanol–water partition coefficient (Wildman–Crippen LogP) is 4.52. The van der Waals surface area contributed by atoms with Gasteiger partial charge in [-0.25, -0.2) is 18.2 Å². The fraction of sp³-hybridized carbons (Fsp3) is 0.634. The van der Waals surface area contributed by atoms with Gasteiger partial charge in [-0.2, -0.15) is 0 Å². The summed E-state index contributed by atoms with van der Waals surface area (Å²) < 4.78 is 51.5. The number of aromatic nitrogens is 1. The minimum absolute atomic E-state index is 0.0289. The van der Waals surface area contributed by atoms with Crippen molar-refractivity contribution in [3.05, 3.63) is 36.5 Å². The lowest BCUT2D eigenvalue weighted by molar-refractivity contribution is -0.142. The summed E-state index contributed by atoms with van der Waals surface area (Å²) in [5.41, 5.74) is -2.37. The first kappa shape index (κ1) is 40.6. The Balaban J connectivity index is 1.24. The molecule has 7 rings (SSSR count). The van der Waals surface area contributed by atoms with E-state index in [0.29, 0.717) is 62.2 Å². The van der Waals surface area contributed by atoms with Crippen molar-refractivity contribution in [2.75, 3.05) is 19.8 Å². The van der Waals surface area contributed by atoms with Gasteiger partial charge in [0.1, 0.15) is 42.5 Å². The Bertz CT molecular complexity index is 2060. The fourth-order valence-corrected chi connectivity index (χ4v) is 9.55. The van der Waals surface area contributed by atoms with Crippen molar-refractivity contribution >= 4 is 44.6 Å². The number of rotatable bonds is 7. The van der Waals surface area contributed by atoms with Crippen LogP contribution in [-0.2, 0) is 29.1 Å². The summed E-state index contributed by atoms with van der Waals surface area (Å²) in [6.45, 7) is 11.7. The molecule has 2 aliphatic carbocycles. The lowest BCUT2D eigenvalue weighted by Crippen LogP contribution is -2.59. The number of sulfonamides is 1. The molecule has 2 saturated carbocycles. The van der Waals surface area contributed by atoms with Gasteiger partial charge in [-0.15, -0.1) is 0 Å². The molecule has 1 aromatic heterocycles. The van der Waals surface area contributed by atoms with Gasteiger partial charge in [0.05, 0.1) is 11.3 Å². The number of nitrogens with one attached hydrogen (secondary N) is 3. The number of carbonyl (C=O) groups is 4. The van der Waals surface area contributed by atoms with Crippen LogP contribution < -0.4 is 29.6 Å². The number of amides is 4. The van der Waals surface area contributed by atoms with E-state index in [1.165, 1.54) is 4.90 Å². The zero-order valence-corrected chi connectivity index (χ0v) is 34.4. The molecule has 4 amide bonds. The molecular formula is C41H55N5O10S. The zero-order valence-electron chi connectivity index (χ0n) is 33.6. The van der Waals surface area contributed by atoms with Crippen LogP contribution in [0.25, 0.3) is 10.8 Å². The fourth-order valence-electron chi connectivity index (χ4n) is 8.24. The number of fused-ring (bicyclic) bond motifs is 5. The van der Waals surface area contributed by atoms with E-state index in [2.05, 4.69) is 27.3 Å². The lowest BCUT2D eigenvalue weighted by atomic mass is 9.85. The normalized spacial score (nSPS) is 30.4. The number of nitrogens with zero attached hydrogens (tertiary/aromatic N) is 2. The predicted molar refractivity (Wildman–Crippen MR) is 210 cm³/mol. The highest BCUT2D eigenvalue weighted by Crippen LogP contribution is 2.48. The van der Waals surface area contributed by atoms with Crippen LogP contribution in [0.2, 0.25) is 0 Å². The van der Waals surface area contributed by atoms with Gasteiger partial charge in [0.25, 0.3) is 5.91 Å². The first-order valence-electron chi connectivity index (χ1n) is 20.1. The number of hydrogen-bond donors (Lipinski definition) is 3. The minimum Gasteiger partial charge on any atom is -0.486 e. The van der Waals surface area contributed by atoms with Crippen LogP contribution in [0, 0.1) is 17.8 Å². The molecule has 5 aliphatic rings. The highest BCUT2D eigenvalue weighted by Gasteiger charge is 2.63. The average Bonchev–Trinajstić information content (AvgIpc) is 4.03. The molecule has 2 aromatic rings. The van der Waals surface area contributed by atoms with Crippen LogP contribution in [0.5, 0.6) is 17.4 Å². The van der Waals surface area contributed by atoms with E-state index in [9.17, 15) is 27.6 Å². The minimum atomic E-state index is -4.01. The summed E-state index contributed by atoms with van der Waals surface area (Å²) in [5, 5.41) is 7.17. The Labute approximate surface area is 334 Å². The molecule has 0 unspecified atom stereocenters. The molecule has 57 heavy (non-hydrogen) atoms. The van der Waals surface area contributed by atoms with Crippen LogP contribution >= 0.6 is 0 Å². The van der Waals surface area contributed by atoms with Gasteiger partial charge in [0.15, 0.2) is 11.5 Å². The summed E-state index contributed by atoms with van der Waals surface area (Å²) in [4.78, 5) is 62.8. The molecule has 3 aliphatic heterocycles. The van der Waals surface area contributed by atoms with Crippen LogP contribution in [0.1, 0.15) is 92.9 Å². The molecular weight excluding hydrogens is 755 g/mol. The van der Waals surface area contributed by atoms with E-state index in [0.717, 1.165) is 11.8 Å². The number of benzene rings is 1. The molecule has 0 bridgehead atoms. The van der Waals surface area contributed by atoms with E-state index in [4.69, 9.17) is 18.9 Å². The second kappa shape index (κ2) is 15.3. The Morgan fingerprint density at radius 3 is 2.56 bits per heavy atom. The first-order chi connectivity index (χ1) is 26.9. The maximum atomic E-state index is 15.0. The van der Waals surface area contributed by atoms with Gasteiger partial charge in [-0.1, -0.05) is 32.4 Å². The Morgan fingerprint density at radius 2 is 1.84 bits per heavy atom.